The molecule has 2 aromatic rings. The topological polar surface area (TPSA) is 138 Å². The van der Waals surface area contributed by atoms with Crippen LogP contribution >= 0.6 is 15.9 Å². The first kappa shape index (κ1) is 34.3. The highest BCUT2D eigenvalue weighted by atomic mass is 79.9. The molecule has 2 atom stereocenters. The van der Waals surface area contributed by atoms with Gasteiger partial charge >= 0.3 is 0 Å². The molecule has 11 nitrogen and oxygen atoms in total. The van der Waals surface area contributed by atoms with Gasteiger partial charge in [-0.3, -0.25) is 0 Å². The van der Waals surface area contributed by atoms with Gasteiger partial charge in [0.05, 0.1) is 22.0 Å². The van der Waals surface area contributed by atoms with Crippen LogP contribution in [0.2, 0.25) is 0 Å². The second-order valence-corrected chi connectivity index (χ2v) is 16.2. The van der Waals surface area contributed by atoms with Gasteiger partial charge in [0.25, 0.3) is 0 Å². The van der Waals surface area contributed by atoms with Gasteiger partial charge in [0, 0.05) is 42.8 Å². The van der Waals surface area contributed by atoms with Gasteiger partial charge in [-0.05, 0) is 89.1 Å². The van der Waals surface area contributed by atoms with E-state index in [0.717, 1.165) is 23.0 Å². The maximum absolute atomic E-state index is 13.2. The predicted octanol–water partition coefficient (Wildman–Crippen LogP) is 2.33. The minimum Gasteiger partial charge on any atom is -0.491 e. The van der Waals surface area contributed by atoms with Crippen molar-refractivity contribution in [1.29, 1.82) is 0 Å². The standard InChI is InChI=1S/C29H43BrN4O7S2/c1-22-16-27(8-9-28(22)30)43(38,39)34-14-10-29(11-15-34)18-23(20-41-29)31-19-24(35)21-40-25-6-4-7-26(17-25)42(36,37)32-12-5-13-33(2)3/h4,6-9,16-17,23-24,31-32,35H,5,10-15,18-21H2,1-3H3/t23?,24-/m0/s1. The summed E-state index contributed by atoms with van der Waals surface area (Å²) < 4.78 is 68.5. The summed E-state index contributed by atoms with van der Waals surface area (Å²) in [4.78, 5) is 2.40. The number of nitrogens with zero attached hydrogens (tertiary/aromatic N) is 2. The maximum atomic E-state index is 13.2. The lowest BCUT2D eigenvalue weighted by atomic mass is 9.88. The van der Waals surface area contributed by atoms with Crippen LogP contribution in [-0.2, 0) is 24.8 Å². The highest BCUT2D eigenvalue weighted by Gasteiger charge is 2.44. The number of nitrogens with one attached hydrogen (secondary N) is 2. The van der Waals surface area contributed by atoms with Crippen LogP contribution in [0, 0.1) is 6.92 Å². The average molecular weight is 704 g/mol. The van der Waals surface area contributed by atoms with Gasteiger partial charge in [-0.25, -0.2) is 21.6 Å². The van der Waals surface area contributed by atoms with Crippen molar-refractivity contribution in [3.05, 3.63) is 52.5 Å². The van der Waals surface area contributed by atoms with Gasteiger partial charge in [-0.15, -0.1) is 0 Å². The van der Waals surface area contributed by atoms with E-state index in [0.29, 0.717) is 56.1 Å². The molecule has 43 heavy (non-hydrogen) atoms. The zero-order valence-corrected chi connectivity index (χ0v) is 28.2. The highest BCUT2D eigenvalue weighted by Crippen LogP contribution is 2.37. The van der Waals surface area contributed by atoms with Crippen LogP contribution in [-0.4, -0.2) is 109 Å². The minimum absolute atomic E-state index is 0.00612. The molecule has 2 aliphatic rings. The Balaban J connectivity index is 1.20. The molecule has 0 bridgehead atoms. The third-order valence-electron chi connectivity index (χ3n) is 7.88. The zero-order valence-electron chi connectivity index (χ0n) is 25.0. The van der Waals surface area contributed by atoms with Crippen LogP contribution < -0.4 is 14.8 Å². The molecule has 1 unspecified atom stereocenters. The SMILES string of the molecule is Cc1cc(S(=O)(=O)N2CCC3(CC2)CC(NC[C@H](O)COc2cccc(S(=O)(=O)NCCCN(C)C)c2)CO3)ccc1Br. The van der Waals surface area contributed by atoms with Crippen LogP contribution in [0.3, 0.4) is 0 Å². The summed E-state index contributed by atoms with van der Waals surface area (Å²) in [5.74, 6) is 0.360. The van der Waals surface area contributed by atoms with Gasteiger partial charge in [-0.2, -0.15) is 4.31 Å². The van der Waals surface area contributed by atoms with Gasteiger partial charge in [0.2, 0.25) is 20.0 Å². The molecule has 3 N–H and O–H groups in total. The van der Waals surface area contributed by atoms with Crippen LogP contribution in [0.4, 0.5) is 0 Å². The predicted molar refractivity (Wildman–Crippen MR) is 168 cm³/mol. The van der Waals surface area contributed by atoms with E-state index in [2.05, 4.69) is 26.0 Å². The van der Waals surface area contributed by atoms with E-state index >= 15 is 0 Å². The van der Waals surface area contributed by atoms with E-state index in [1.54, 1.807) is 30.3 Å². The molecule has 2 saturated heterocycles. The number of sulfonamides is 2. The quantitative estimate of drug-likeness (QED) is 0.253. The zero-order chi connectivity index (χ0) is 31.3. The van der Waals surface area contributed by atoms with Gasteiger partial charge in [-0.1, -0.05) is 22.0 Å². The first-order chi connectivity index (χ1) is 20.3. The molecule has 2 heterocycles. The van der Waals surface area contributed by atoms with Crippen molar-refractivity contribution < 1.29 is 31.4 Å². The molecule has 0 saturated carbocycles. The second-order valence-electron chi connectivity index (χ2n) is 11.6. The molecule has 2 aromatic carbocycles. The molecule has 4 rings (SSSR count). The minimum atomic E-state index is -3.66. The third-order valence-corrected chi connectivity index (χ3v) is 12.1. The van der Waals surface area contributed by atoms with Crippen LogP contribution in [0.1, 0.15) is 31.2 Å². The Hall–Kier alpha value is -1.62. The number of benzene rings is 2. The summed E-state index contributed by atoms with van der Waals surface area (Å²) in [7, 11) is -3.36. The van der Waals surface area contributed by atoms with E-state index in [9.17, 15) is 21.9 Å². The summed E-state index contributed by atoms with van der Waals surface area (Å²) in [6.07, 6.45) is 1.82. The van der Waals surface area contributed by atoms with Gasteiger partial charge in [0.15, 0.2) is 0 Å². The van der Waals surface area contributed by atoms with Crippen molar-refractivity contribution in [3.63, 3.8) is 0 Å². The Kier molecular flexibility index (Phi) is 11.7. The van der Waals surface area contributed by atoms with Crippen molar-refractivity contribution >= 4 is 36.0 Å². The van der Waals surface area contributed by atoms with Gasteiger partial charge in [0.1, 0.15) is 18.5 Å². The number of halogens is 1. The Morgan fingerprint density at radius 2 is 1.88 bits per heavy atom. The van der Waals surface area contributed by atoms with Crippen LogP contribution in [0.5, 0.6) is 5.75 Å². The number of rotatable bonds is 14. The molecular weight excluding hydrogens is 660 g/mol. The van der Waals surface area contributed by atoms with Crippen molar-refractivity contribution in [2.75, 3.05) is 60.0 Å². The van der Waals surface area contributed by atoms with E-state index in [1.165, 1.54) is 16.4 Å². The van der Waals surface area contributed by atoms with E-state index < -0.39 is 26.2 Å². The molecule has 0 aliphatic carbocycles. The smallest absolute Gasteiger partial charge is 0.243 e. The normalized spacial score (nSPS) is 20.1. The maximum Gasteiger partial charge on any atom is 0.243 e. The lowest BCUT2D eigenvalue weighted by molar-refractivity contribution is -0.0312. The van der Waals surface area contributed by atoms with Crippen molar-refractivity contribution in [1.82, 2.24) is 19.2 Å². The molecule has 240 valence electrons. The number of hydrogen-bond donors (Lipinski definition) is 3. The summed E-state index contributed by atoms with van der Waals surface area (Å²) in [5, 5.41) is 13.9. The fourth-order valence-corrected chi connectivity index (χ4v) is 8.24. The number of piperidine rings is 1. The van der Waals surface area contributed by atoms with Crippen LogP contribution in [0.25, 0.3) is 0 Å². The second kappa shape index (κ2) is 14.6. The number of ether oxygens (including phenoxy) is 2. The molecular formula is C29H43BrN4O7S2. The average Bonchev–Trinajstić information content (AvgIpc) is 3.36. The van der Waals surface area contributed by atoms with Crippen LogP contribution in [0.15, 0.2) is 56.7 Å². The van der Waals surface area contributed by atoms with E-state index in [4.69, 9.17) is 9.47 Å². The Labute approximate surface area is 264 Å². The highest BCUT2D eigenvalue weighted by molar-refractivity contribution is 9.10. The fraction of sp³-hybridized carbons (Fsp3) is 0.586. The largest absolute Gasteiger partial charge is 0.491 e. The lowest BCUT2D eigenvalue weighted by Crippen LogP contribution is -2.47. The molecule has 0 amide bonds. The molecule has 2 fully saturated rings. The lowest BCUT2D eigenvalue weighted by Gasteiger charge is -2.38. The van der Waals surface area contributed by atoms with Crippen molar-refractivity contribution in [2.45, 2.75) is 60.1 Å². The molecule has 2 aliphatic heterocycles. The first-order valence-electron chi connectivity index (χ1n) is 14.5. The Morgan fingerprint density at radius 1 is 1.14 bits per heavy atom. The number of aryl methyl sites for hydroxylation is 1. The fourth-order valence-electron chi connectivity index (χ4n) is 5.35. The molecule has 1 spiro atoms. The van der Waals surface area contributed by atoms with E-state index in [1.807, 2.05) is 25.9 Å². The molecule has 0 radical (unpaired) electrons. The van der Waals surface area contributed by atoms with Crippen molar-refractivity contribution in [3.8, 4) is 5.75 Å². The van der Waals surface area contributed by atoms with E-state index in [-0.39, 0.29) is 29.7 Å². The number of aliphatic hydroxyl groups is 1. The summed E-state index contributed by atoms with van der Waals surface area (Å²) in [5.41, 5.74) is 0.489. The third kappa shape index (κ3) is 9.21. The molecule has 14 heteroatoms. The van der Waals surface area contributed by atoms with Crippen molar-refractivity contribution in [2.24, 2.45) is 0 Å². The number of hydrogen-bond acceptors (Lipinski definition) is 9. The first-order valence-corrected chi connectivity index (χ1v) is 18.2. The monoisotopic (exact) mass is 702 g/mol. The Bertz CT molecular complexity index is 1450. The number of aliphatic hydroxyl groups excluding tert-OH is 1. The van der Waals surface area contributed by atoms with Gasteiger partial charge < -0.3 is 24.8 Å². The summed E-state index contributed by atoms with van der Waals surface area (Å²) >= 11 is 3.42. The Morgan fingerprint density at radius 3 is 2.58 bits per heavy atom. The summed E-state index contributed by atoms with van der Waals surface area (Å²) in [6, 6.07) is 11.3. The molecule has 0 aromatic heterocycles. The summed E-state index contributed by atoms with van der Waals surface area (Å²) in [6.45, 7) is 4.52.